The zero-order valence-electron chi connectivity index (χ0n) is 27.2. The van der Waals surface area contributed by atoms with Crippen LogP contribution in [0, 0.1) is 38.5 Å². The summed E-state index contributed by atoms with van der Waals surface area (Å²) >= 11 is 0. The summed E-state index contributed by atoms with van der Waals surface area (Å²) in [5, 5.41) is 5.39. The maximum absolute atomic E-state index is 14.1. The maximum atomic E-state index is 14.1. The maximum Gasteiger partial charge on any atom is 0.321 e. The SMILES string of the molecule is C=Cc1c2[nH]c(c1C)/C=C1\N/C(=C3\c4[nH]c(c(C)c4C(=O)[C@@H]3C(=O)OC)/C=c3\[nH]/c(c(C)c3C=C)=C\2)[C@@H](CCC(=O)OCC)[C@@H]1C. The number of fused-ring (bicyclic) bond motifs is 7. The Morgan fingerprint density at radius 1 is 0.913 bits per heavy atom. The number of carbonyl (C=O) groups excluding carboxylic acids is 3. The predicted molar refractivity (Wildman–Crippen MR) is 180 cm³/mol. The van der Waals surface area contributed by atoms with E-state index < -0.39 is 11.9 Å². The van der Waals surface area contributed by atoms with Crippen molar-refractivity contribution in [3.05, 3.63) is 91.4 Å². The van der Waals surface area contributed by atoms with E-state index in [2.05, 4.69) is 59.4 Å². The average Bonchev–Trinajstić information content (AvgIpc) is 3.77. The molecule has 8 bridgehead atoms. The fraction of sp³-hybridized carbons (Fsp3) is 0.324. The van der Waals surface area contributed by atoms with Crippen LogP contribution in [0.25, 0.3) is 36.0 Å². The van der Waals surface area contributed by atoms with Crippen LogP contribution >= 0.6 is 0 Å². The Kier molecular flexibility index (Phi) is 7.88. The van der Waals surface area contributed by atoms with Gasteiger partial charge in [0.25, 0.3) is 0 Å². The zero-order valence-corrected chi connectivity index (χ0v) is 27.2. The summed E-state index contributed by atoms with van der Waals surface area (Å²) in [6, 6.07) is 0. The number of ether oxygens (including phenoxy) is 2. The molecule has 1 fully saturated rings. The van der Waals surface area contributed by atoms with Crippen LogP contribution in [0.3, 0.4) is 0 Å². The normalized spacial score (nSPS) is 23.8. The smallest absolute Gasteiger partial charge is 0.321 e. The van der Waals surface area contributed by atoms with Crippen LogP contribution < -0.4 is 16.0 Å². The van der Waals surface area contributed by atoms with Crippen molar-refractivity contribution >= 4 is 53.7 Å². The summed E-state index contributed by atoms with van der Waals surface area (Å²) in [5.74, 6) is -2.63. The molecule has 9 nitrogen and oxygen atoms in total. The minimum Gasteiger partial charge on any atom is -0.468 e. The van der Waals surface area contributed by atoms with Gasteiger partial charge in [-0.3, -0.25) is 14.4 Å². The molecule has 46 heavy (non-hydrogen) atoms. The van der Waals surface area contributed by atoms with Crippen LogP contribution in [-0.2, 0) is 19.1 Å². The topological polar surface area (TPSA) is 129 Å². The number of hydrogen-bond acceptors (Lipinski definition) is 6. The molecule has 0 radical (unpaired) electrons. The van der Waals surface area contributed by atoms with Crippen molar-refractivity contribution in [3.63, 3.8) is 0 Å². The van der Waals surface area contributed by atoms with Gasteiger partial charge in [0.05, 0.1) is 19.4 Å². The first-order valence-corrected chi connectivity index (χ1v) is 15.7. The van der Waals surface area contributed by atoms with Gasteiger partial charge in [0, 0.05) is 79.7 Å². The molecule has 3 aromatic rings. The summed E-state index contributed by atoms with van der Waals surface area (Å²) in [5.41, 5.74) is 10.6. The number of nitrogens with one attached hydrogen (secondary N) is 4. The molecule has 6 rings (SSSR count). The second kappa shape index (κ2) is 11.7. The molecular formula is C37H40N4O5. The number of aromatic nitrogens is 3. The van der Waals surface area contributed by atoms with Gasteiger partial charge in [-0.05, 0) is 69.0 Å². The highest BCUT2D eigenvalue weighted by Crippen LogP contribution is 2.48. The molecule has 1 aliphatic carbocycles. The number of hydrogen-bond donors (Lipinski definition) is 4. The standard InChI is InChI=1S/C37H40N4O5/c1-9-21-17(4)24-14-26-19(6)23(12-13-30(42)46-11-3)34(40-26)32-33(37(44)45-8)36(43)31-20(7)27(41-35(31)32)16-29-22(10-2)18(5)25(39-29)15-28(21)38-24/h9-10,14-16,19,23,33,38-41H,1-2,11-13H2,3-8H3/b25-15-,26-14-,29-16-,34-32-/t19-,23-,33+/m0/s1. The van der Waals surface area contributed by atoms with Gasteiger partial charge in [0.2, 0.25) is 0 Å². The van der Waals surface area contributed by atoms with E-state index in [0.29, 0.717) is 29.9 Å². The number of esters is 2. The molecule has 3 aromatic heterocycles. The molecule has 0 aromatic carbocycles. The fourth-order valence-electron chi connectivity index (χ4n) is 7.28. The minimum atomic E-state index is -1.14. The Hall–Kier alpha value is -5.05. The van der Waals surface area contributed by atoms with E-state index >= 15 is 0 Å². The van der Waals surface area contributed by atoms with Crippen molar-refractivity contribution in [1.29, 1.82) is 0 Å². The van der Waals surface area contributed by atoms with Gasteiger partial charge in [-0.15, -0.1) is 0 Å². The predicted octanol–water partition coefficient (Wildman–Crippen LogP) is 4.79. The quantitative estimate of drug-likeness (QED) is 0.222. The van der Waals surface area contributed by atoms with E-state index in [-0.39, 0.29) is 30.0 Å². The van der Waals surface area contributed by atoms with Gasteiger partial charge >= 0.3 is 11.9 Å². The van der Waals surface area contributed by atoms with Crippen LogP contribution in [-0.4, -0.2) is 46.4 Å². The highest BCUT2D eigenvalue weighted by Gasteiger charge is 2.48. The van der Waals surface area contributed by atoms with Crippen molar-refractivity contribution < 1.29 is 23.9 Å². The first-order valence-electron chi connectivity index (χ1n) is 15.7. The van der Waals surface area contributed by atoms with E-state index in [1.165, 1.54) is 7.11 Å². The van der Waals surface area contributed by atoms with E-state index in [9.17, 15) is 14.4 Å². The lowest BCUT2D eigenvalue weighted by Gasteiger charge is -2.19. The van der Waals surface area contributed by atoms with Crippen molar-refractivity contribution in [2.75, 3.05) is 13.7 Å². The van der Waals surface area contributed by atoms with E-state index in [0.717, 1.165) is 67.0 Å². The molecule has 9 heteroatoms. The molecule has 0 unspecified atom stereocenters. The molecule has 0 amide bonds. The third kappa shape index (κ3) is 4.73. The molecule has 238 valence electrons. The summed E-state index contributed by atoms with van der Waals surface area (Å²) in [6.07, 6.45) is 10.5. The van der Waals surface area contributed by atoms with Gasteiger partial charge < -0.3 is 29.7 Å². The summed E-state index contributed by atoms with van der Waals surface area (Å²) < 4.78 is 10.5. The monoisotopic (exact) mass is 620 g/mol. The second-order valence-electron chi connectivity index (χ2n) is 12.2. The lowest BCUT2D eigenvalue weighted by molar-refractivity contribution is -0.143. The molecule has 0 spiro atoms. The molecule has 5 heterocycles. The lowest BCUT2D eigenvalue weighted by Crippen LogP contribution is -2.25. The zero-order chi connectivity index (χ0) is 33.0. The van der Waals surface area contributed by atoms with Gasteiger partial charge in [-0.25, -0.2) is 0 Å². The van der Waals surface area contributed by atoms with Gasteiger partial charge in [0.15, 0.2) is 5.78 Å². The third-order valence-electron chi connectivity index (χ3n) is 9.81. The van der Waals surface area contributed by atoms with Gasteiger partial charge in [-0.2, -0.15) is 0 Å². The average molecular weight is 621 g/mol. The Morgan fingerprint density at radius 3 is 2.28 bits per heavy atom. The van der Waals surface area contributed by atoms with Crippen LogP contribution in [0.5, 0.6) is 0 Å². The lowest BCUT2D eigenvalue weighted by atomic mass is 9.85. The first kappa shape index (κ1) is 31.0. The Morgan fingerprint density at radius 2 is 1.61 bits per heavy atom. The number of ketones is 1. The van der Waals surface area contributed by atoms with Crippen molar-refractivity contribution in [1.82, 2.24) is 20.3 Å². The van der Waals surface area contributed by atoms with E-state index in [4.69, 9.17) is 9.47 Å². The van der Waals surface area contributed by atoms with E-state index in [1.54, 1.807) is 6.92 Å². The second-order valence-corrected chi connectivity index (χ2v) is 12.2. The van der Waals surface area contributed by atoms with Gasteiger partial charge in [0.1, 0.15) is 5.92 Å². The van der Waals surface area contributed by atoms with Crippen LogP contribution in [0.1, 0.15) is 87.6 Å². The summed E-state index contributed by atoms with van der Waals surface area (Å²) in [4.78, 5) is 50.6. The number of Topliss-reactive ketones (excluding diaryl/α,β-unsaturated/α-hetero) is 1. The van der Waals surface area contributed by atoms with Crippen molar-refractivity contribution in [2.24, 2.45) is 17.8 Å². The summed E-state index contributed by atoms with van der Waals surface area (Å²) in [6.45, 7) is 18.3. The highest BCUT2D eigenvalue weighted by atomic mass is 16.5. The number of allylic oxidation sites excluding steroid dienone is 2. The number of methoxy groups -OCH3 is 1. The first-order chi connectivity index (χ1) is 22.0. The fourth-order valence-corrected chi connectivity index (χ4v) is 7.28. The Labute approximate surface area is 267 Å². The van der Waals surface area contributed by atoms with Crippen molar-refractivity contribution in [3.8, 4) is 0 Å². The van der Waals surface area contributed by atoms with Crippen LogP contribution in [0.2, 0.25) is 0 Å². The van der Waals surface area contributed by atoms with E-state index in [1.807, 2.05) is 32.1 Å². The summed E-state index contributed by atoms with van der Waals surface area (Å²) in [7, 11) is 1.30. The minimum absolute atomic E-state index is 0.0719. The molecule has 0 saturated carbocycles. The molecule has 3 atom stereocenters. The third-order valence-corrected chi connectivity index (χ3v) is 9.81. The van der Waals surface area contributed by atoms with Crippen LogP contribution in [0.15, 0.2) is 24.6 Å². The highest BCUT2D eigenvalue weighted by molar-refractivity contribution is 6.24. The number of H-pyrrole nitrogens is 3. The Balaban J connectivity index is 1.70. The molecule has 2 aliphatic heterocycles. The molecule has 1 saturated heterocycles. The molecule has 4 N–H and O–H groups in total. The number of rotatable bonds is 7. The number of aromatic amines is 3. The van der Waals surface area contributed by atoms with Crippen LogP contribution in [0.4, 0.5) is 0 Å². The van der Waals surface area contributed by atoms with Gasteiger partial charge in [-0.1, -0.05) is 32.2 Å². The number of carbonyl (C=O) groups is 3. The van der Waals surface area contributed by atoms with Crippen molar-refractivity contribution in [2.45, 2.75) is 47.5 Å². The molecule has 3 aliphatic rings. The largest absolute Gasteiger partial charge is 0.468 e. The molecular weight excluding hydrogens is 580 g/mol. The Bertz CT molecular complexity index is 2030.